The monoisotopic (exact) mass is 445 g/mol. The van der Waals surface area contributed by atoms with E-state index in [-0.39, 0.29) is 18.1 Å². The molecule has 0 aliphatic carbocycles. The Hall–Kier alpha value is -2.94. The first-order valence-corrected chi connectivity index (χ1v) is 9.25. The number of amides is 1. The van der Waals surface area contributed by atoms with Crippen LogP contribution in [-0.4, -0.2) is 31.7 Å². The molecular formula is C20H19ClF3NO5. The summed E-state index contributed by atoms with van der Waals surface area (Å²) in [6.45, 7) is 1.63. The molecule has 0 bridgehead atoms. The van der Waals surface area contributed by atoms with Gasteiger partial charge in [-0.05, 0) is 43.3 Å². The zero-order chi connectivity index (χ0) is 22.1. The van der Waals surface area contributed by atoms with Crippen molar-refractivity contribution in [2.75, 3.05) is 25.1 Å². The number of nitrogens with one attached hydrogen (secondary N) is 1. The summed E-state index contributed by atoms with van der Waals surface area (Å²) in [7, 11) is 0. The second-order valence-electron chi connectivity index (χ2n) is 5.87. The molecule has 0 aliphatic heterocycles. The van der Waals surface area contributed by atoms with Gasteiger partial charge in [-0.15, -0.1) is 0 Å². The summed E-state index contributed by atoms with van der Waals surface area (Å²) in [5, 5.41) is 1.74. The van der Waals surface area contributed by atoms with Crippen LogP contribution in [0.2, 0.25) is 5.02 Å². The molecule has 2 rings (SSSR count). The summed E-state index contributed by atoms with van der Waals surface area (Å²) in [4.78, 5) is 23.6. The second-order valence-corrected chi connectivity index (χ2v) is 6.28. The van der Waals surface area contributed by atoms with E-state index in [1.807, 2.05) is 12.2 Å². The molecule has 6 nitrogen and oxygen atoms in total. The van der Waals surface area contributed by atoms with E-state index in [1.54, 1.807) is 24.3 Å². The predicted molar refractivity (Wildman–Crippen MR) is 104 cm³/mol. The van der Waals surface area contributed by atoms with Crippen LogP contribution in [0.1, 0.15) is 18.9 Å². The predicted octanol–water partition coefficient (Wildman–Crippen LogP) is 4.71. The molecule has 0 aromatic heterocycles. The third-order valence-corrected chi connectivity index (χ3v) is 3.97. The summed E-state index contributed by atoms with van der Waals surface area (Å²) < 4.78 is 54.5. The van der Waals surface area contributed by atoms with Crippen LogP contribution in [0, 0.1) is 0 Å². The van der Waals surface area contributed by atoms with Gasteiger partial charge in [-0.1, -0.05) is 17.7 Å². The number of anilines is 1. The normalized spacial score (nSPS) is 11.0. The SMILES string of the molecule is CCOc1ccc(OCCC(=O)OCC(=O)Nc2c(Cl)cccc2C(F)(F)F)cc1. The van der Waals surface area contributed by atoms with Gasteiger partial charge in [0.15, 0.2) is 6.61 Å². The minimum atomic E-state index is -4.71. The van der Waals surface area contributed by atoms with Crippen LogP contribution in [0.25, 0.3) is 0 Å². The number of ether oxygens (including phenoxy) is 3. The van der Waals surface area contributed by atoms with Gasteiger partial charge in [-0.3, -0.25) is 9.59 Å². The lowest BCUT2D eigenvalue weighted by molar-refractivity contribution is -0.147. The number of alkyl halides is 3. The number of hydrogen-bond donors (Lipinski definition) is 1. The zero-order valence-electron chi connectivity index (χ0n) is 15.9. The fraction of sp³-hybridized carbons (Fsp3) is 0.300. The Morgan fingerprint density at radius 2 is 1.67 bits per heavy atom. The Labute approximate surface area is 175 Å². The average molecular weight is 446 g/mol. The lowest BCUT2D eigenvalue weighted by Crippen LogP contribution is -2.23. The van der Waals surface area contributed by atoms with Crippen LogP contribution in [0.3, 0.4) is 0 Å². The second kappa shape index (κ2) is 10.7. The molecule has 0 saturated carbocycles. The number of halogens is 4. The van der Waals surface area contributed by atoms with Gasteiger partial charge < -0.3 is 19.5 Å². The molecule has 0 atom stereocenters. The molecule has 0 saturated heterocycles. The van der Waals surface area contributed by atoms with Crippen molar-refractivity contribution in [3.63, 3.8) is 0 Å². The van der Waals surface area contributed by atoms with Gasteiger partial charge in [0.1, 0.15) is 11.5 Å². The molecule has 0 aliphatic rings. The fourth-order valence-corrected chi connectivity index (χ4v) is 2.55. The highest BCUT2D eigenvalue weighted by Gasteiger charge is 2.34. The van der Waals surface area contributed by atoms with Crippen molar-refractivity contribution >= 4 is 29.2 Å². The molecule has 1 N–H and O–H groups in total. The van der Waals surface area contributed by atoms with Crippen molar-refractivity contribution in [1.29, 1.82) is 0 Å². The summed E-state index contributed by atoms with van der Waals surface area (Å²) in [5.74, 6) is -0.495. The number of hydrogen-bond acceptors (Lipinski definition) is 5. The van der Waals surface area contributed by atoms with Crippen LogP contribution in [0.15, 0.2) is 42.5 Å². The van der Waals surface area contributed by atoms with Gasteiger partial charge >= 0.3 is 12.1 Å². The summed E-state index contributed by atoms with van der Waals surface area (Å²) in [5.41, 5.74) is -1.69. The van der Waals surface area contributed by atoms with Gasteiger partial charge in [0.2, 0.25) is 0 Å². The average Bonchev–Trinajstić information content (AvgIpc) is 2.68. The maximum atomic E-state index is 13.0. The first kappa shape index (κ1) is 23.3. The van der Waals surface area contributed by atoms with Crippen molar-refractivity contribution in [3.05, 3.63) is 53.1 Å². The van der Waals surface area contributed by atoms with E-state index in [4.69, 9.17) is 25.8 Å². The highest BCUT2D eigenvalue weighted by atomic mass is 35.5. The largest absolute Gasteiger partial charge is 0.494 e. The molecule has 30 heavy (non-hydrogen) atoms. The first-order valence-electron chi connectivity index (χ1n) is 8.87. The van der Waals surface area contributed by atoms with Crippen LogP contribution in [0.4, 0.5) is 18.9 Å². The Balaban J connectivity index is 1.78. The van der Waals surface area contributed by atoms with Crippen LogP contribution >= 0.6 is 11.6 Å². The number of carbonyl (C=O) groups is 2. The quantitative estimate of drug-likeness (QED) is 0.566. The molecule has 0 unspecified atom stereocenters. The number of esters is 1. The van der Waals surface area contributed by atoms with Crippen LogP contribution in [0.5, 0.6) is 11.5 Å². The number of carbonyl (C=O) groups excluding carboxylic acids is 2. The molecule has 2 aromatic rings. The molecule has 2 aromatic carbocycles. The first-order chi connectivity index (χ1) is 14.2. The van der Waals surface area contributed by atoms with Gasteiger partial charge in [0, 0.05) is 0 Å². The van der Waals surface area contributed by atoms with E-state index >= 15 is 0 Å². The van der Waals surface area contributed by atoms with Gasteiger partial charge in [-0.25, -0.2) is 0 Å². The lowest BCUT2D eigenvalue weighted by atomic mass is 10.1. The van der Waals surface area contributed by atoms with Crippen molar-refractivity contribution in [3.8, 4) is 11.5 Å². The zero-order valence-corrected chi connectivity index (χ0v) is 16.7. The van der Waals surface area contributed by atoms with Crippen molar-refractivity contribution in [2.45, 2.75) is 19.5 Å². The van der Waals surface area contributed by atoms with Crippen molar-refractivity contribution in [2.24, 2.45) is 0 Å². The molecular weight excluding hydrogens is 427 g/mol. The van der Waals surface area contributed by atoms with Crippen molar-refractivity contribution < 1.29 is 37.0 Å². The van der Waals surface area contributed by atoms with Gasteiger partial charge in [-0.2, -0.15) is 13.2 Å². The number of para-hydroxylation sites is 1. The fourth-order valence-electron chi connectivity index (χ4n) is 2.33. The van der Waals surface area contributed by atoms with Crippen LogP contribution < -0.4 is 14.8 Å². The molecule has 0 radical (unpaired) electrons. The third kappa shape index (κ3) is 7.14. The Morgan fingerprint density at radius 3 is 2.27 bits per heavy atom. The molecule has 1 amide bonds. The Kier molecular flexibility index (Phi) is 8.35. The van der Waals surface area contributed by atoms with E-state index in [9.17, 15) is 22.8 Å². The van der Waals surface area contributed by atoms with E-state index < -0.39 is 35.9 Å². The van der Waals surface area contributed by atoms with E-state index in [1.165, 1.54) is 6.07 Å². The smallest absolute Gasteiger partial charge is 0.418 e. The van der Waals surface area contributed by atoms with E-state index in [2.05, 4.69) is 0 Å². The van der Waals surface area contributed by atoms with E-state index in [0.717, 1.165) is 12.1 Å². The molecule has 162 valence electrons. The molecule has 0 heterocycles. The summed E-state index contributed by atoms with van der Waals surface area (Å²) in [6.07, 6.45) is -4.86. The Bertz CT molecular complexity index is 872. The van der Waals surface area contributed by atoms with Crippen molar-refractivity contribution in [1.82, 2.24) is 0 Å². The molecule has 10 heteroatoms. The third-order valence-electron chi connectivity index (χ3n) is 3.66. The minimum absolute atomic E-state index is 0.00281. The molecule has 0 spiro atoms. The van der Waals surface area contributed by atoms with Gasteiger partial charge in [0.05, 0.1) is 35.9 Å². The lowest BCUT2D eigenvalue weighted by Gasteiger charge is -2.15. The Morgan fingerprint density at radius 1 is 1.03 bits per heavy atom. The number of benzene rings is 2. The highest BCUT2D eigenvalue weighted by Crippen LogP contribution is 2.38. The number of rotatable bonds is 9. The minimum Gasteiger partial charge on any atom is -0.494 e. The summed E-state index contributed by atoms with van der Waals surface area (Å²) in [6, 6.07) is 9.88. The summed E-state index contributed by atoms with van der Waals surface area (Å²) >= 11 is 5.75. The highest BCUT2D eigenvalue weighted by molar-refractivity contribution is 6.34. The maximum absolute atomic E-state index is 13.0. The topological polar surface area (TPSA) is 73.9 Å². The standard InChI is InChI=1S/C20H19ClF3NO5/c1-2-28-13-6-8-14(9-7-13)29-11-10-18(27)30-12-17(26)25-19-15(20(22,23)24)4-3-5-16(19)21/h3-9H,2,10-12H2,1H3,(H,25,26). The maximum Gasteiger partial charge on any atom is 0.418 e. The van der Waals surface area contributed by atoms with Gasteiger partial charge in [0.25, 0.3) is 5.91 Å². The van der Waals surface area contributed by atoms with Crippen LogP contribution in [-0.2, 0) is 20.5 Å². The molecule has 0 fully saturated rings. The van der Waals surface area contributed by atoms with E-state index in [0.29, 0.717) is 18.1 Å².